The summed E-state index contributed by atoms with van der Waals surface area (Å²) < 4.78 is 11.8. The smallest absolute Gasteiger partial charge is 0.330 e. The third-order valence-corrected chi connectivity index (χ3v) is 3.05. The molecule has 1 aliphatic heterocycles. The van der Waals surface area contributed by atoms with E-state index in [1.54, 1.807) is 6.92 Å². The highest BCUT2D eigenvalue weighted by Gasteiger charge is 2.39. The zero-order valence-corrected chi connectivity index (χ0v) is 10.4. The van der Waals surface area contributed by atoms with Crippen LogP contribution in [0.25, 0.3) is 0 Å². The van der Waals surface area contributed by atoms with E-state index in [4.69, 9.17) is 14.6 Å². The van der Waals surface area contributed by atoms with Gasteiger partial charge in [0, 0.05) is 18.7 Å². The van der Waals surface area contributed by atoms with Crippen molar-refractivity contribution in [3.63, 3.8) is 0 Å². The first-order valence-corrected chi connectivity index (χ1v) is 5.90. The zero-order valence-electron chi connectivity index (χ0n) is 10.4. The van der Waals surface area contributed by atoms with Crippen LogP contribution in [0.4, 0.5) is 0 Å². The Morgan fingerprint density at radius 2 is 2.37 bits per heavy atom. The minimum Gasteiger partial charge on any atom is -0.391 e. The van der Waals surface area contributed by atoms with Crippen LogP contribution in [0.2, 0.25) is 0 Å². The van der Waals surface area contributed by atoms with Crippen molar-refractivity contribution < 1.29 is 19.7 Å². The number of rotatable bonds is 4. The van der Waals surface area contributed by atoms with Gasteiger partial charge in [0.25, 0.3) is 5.56 Å². The standard InChI is InChI=1S/C11H16N2O6/c1-6(15)7-4-8(18-5-14)10(19-7)13-3-2-9(16)12-11(13)17/h2-3,6-8,10,14-15H,4-5H2,1H3,(H,12,16,17)/t6-,7-,8+,10+/m0/s1. The molecule has 1 aromatic rings. The van der Waals surface area contributed by atoms with Crippen molar-refractivity contribution >= 4 is 0 Å². The lowest BCUT2D eigenvalue weighted by Crippen LogP contribution is -2.36. The fraction of sp³-hybridized carbons (Fsp3) is 0.636. The molecule has 106 valence electrons. The maximum atomic E-state index is 11.7. The van der Waals surface area contributed by atoms with Crippen LogP contribution in [0.15, 0.2) is 21.9 Å². The summed E-state index contributed by atoms with van der Waals surface area (Å²) >= 11 is 0. The van der Waals surface area contributed by atoms with Gasteiger partial charge in [-0.15, -0.1) is 0 Å². The van der Waals surface area contributed by atoms with Gasteiger partial charge in [-0.25, -0.2) is 4.79 Å². The van der Waals surface area contributed by atoms with Crippen molar-refractivity contribution in [2.24, 2.45) is 0 Å². The lowest BCUT2D eigenvalue weighted by atomic mass is 10.1. The van der Waals surface area contributed by atoms with Crippen molar-refractivity contribution in [2.45, 2.75) is 37.9 Å². The van der Waals surface area contributed by atoms with Gasteiger partial charge >= 0.3 is 5.69 Å². The van der Waals surface area contributed by atoms with E-state index in [-0.39, 0.29) is 0 Å². The van der Waals surface area contributed by atoms with Crippen molar-refractivity contribution in [3.05, 3.63) is 33.1 Å². The Morgan fingerprint density at radius 3 is 2.95 bits per heavy atom. The highest BCUT2D eigenvalue weighted by atomic mass is 16.6. The van der Waals surface area contributed by atoms with Crippen molar-refractivity contribution in [3.8, 4) is 0 Å². The summed E-state index contributed by atoms with van der Waals surface area (Å²) in [4.78, 5) is 24.8. The largest absolute Gasteiger partial charge is 0.391 e. The molecular formula is C11H16N2O6. The second kappa shape index (κ2) is 5.66. The molecule has 0 aromatic carbocycles. The first-order chi connectivity index (χ1) is 9.02. The molecule has 1 fully saturated rings. The van der Waals surface area contributed by atoms with E-state index < -0.39 is 42.6 Å². The average Bonchev–Trinajstić information content (AvgIpc) is 2.74. The van der Waals surface area contributed by atoms with Crippen LogP contribution >= 0.6 is 0 Å². The molecule has 0 radical (unpaired) electrons. The first-order valence-electron chi connectivity index (χ1n) is 5.90. The van der Waals surface area contributed by atoms with Crippen LogP contribution in [0, 0.1) is 0 Å². The van der Waals surface area contributed by atoms with Crippen LogP contribution < -0.4 is 11.2 Å². The van der Waals surface area contributed by atoms with E-state index in [1.165, 1.54) is 16.8 Å². The van der Waals surface area contributed by atoms with E-state index in [2.05, 4.69) is 4.98 Å². The summed E-state index contributed by atoms with van der Waals surface area (Å²) in [5, 5.41) is 18.4. The maximum absolute atomic E-state index is 11.7. The van der Waals surface area contributed by atoms with Crippen LogP contribution in [-0.4, -0.2) is 44.9 Å². The van der Waals surface area contributed by atoms with Gasteiger partial charge in [0.1, 0.15) is 12.9 Å². The normalized spacial score (nSPS) is 28.5. The Kier molecular flexibility index (Phi) is 4.15. The van der Waals surface area contributed by atoms with Gasteiger partial charge in [0.15, 0.2) is 6.23 Å². The highest BCUT2D eigenvalue weighted by molar-refractivity contribution is 4.90. The second-order valence-corrected chi connectivity index (χ2v) is 4.39. The topological polar surface area (TPSA) is 114 Å². The summed E-state index contributed by atoms with van der Waals surface area (Å²) in [5.41, 5.74) is -1.14. The monoisotopic (exact) mass is 272 g/mol. The Bertz CT molecular complexity index is 536. The lowest BCUT2D eigenvalue weighted by molar-refractivity contribution is -0.113. The summed E-state index contributed by atoms with van der Waals surface area (Å²) in [6.45, 7) is 1.05. The lowest BCUT2D eigenvalue weighted by Gasteiger charge is -2.20. The number of nitrogens with zero attached hydrogens (tertiary/aromatic N) is 1. The number of nitrogens with one attached hydrogen (secondary N) is 1. The van der Waals surface area contributed by atoms with Gasteiger partial charge in [0.05, 0.1) is 12.2 Å². The number of aliphatic hydroxyl groups excluding tert-OH is 2. The van der Waals surface area contributed by atoms with Crippen molar-refractivity contribution in [1.29, 1.82) is 0 Å². The molecule has 4 atom stereocenters. The van der Waals surface area contributed by atoms with Gasteiger partial charge < -0.3 is 19.7 Å². The number of hydrogen-bond donors (Lipinski definition) is 3. The van der Waals surface area contributed by atoms with Crippen LogP contribution in [0.1, 0.15) is 19.6 Å². The number of aromatic nitrogens is 2. The Labute approximate surface area is 108 Å². The molecule has 8 nitrogen and oxygen atoms in total. The molecule has 0 spiro atoms. The van der Waals surface area contributed by atoms with Crippen LogP contribution in [0.3, 0.4) is 0 Å². The molecule has 0 unspecified atom stereocenters. The maximum Gasteiger partial charge on any atom is 0.330 e. The van der Waals surface area contributed by atoms with Crippen LogP contribution in [-0.2, 0) is 9.47 Å². The third kappa shape index (κ3) is 2.92. The molecule has 1 aromatic heterocycles. The molecule has 2 rings (SSSR count). The molecule has 1 aliphatic rings. The first kappa shape index (κ1) is 13.9. The summed E-state index contributed by atoms with van der Waals surface area (Å²) in [5.74, 6) is 0. The summed E-state index contributed by atoms with van der Waals surface area (Å²) in [6, 6.07) is 1.19. The molecule has 2 heterocycles. The quantitative estimate of drug-likeness (QED) is 0.577. The number of ether oxygens (including phenoxy) is 2. The Morgan fingerprint density at radius 1 is 1.63 bits per heavy atom. The predicted octanol–water partition coefficient (Wildman–Crippen LogP) is -1.46. The molecule has 0 saturated carbocycles. The molecule has 0 amide bonds. The molecule has 8 heteroatoms. The van der Waals surface area contributed by atoms with Gasteiger partial charge in [0.2, 0.25) is 0 Å². The molecule has 3 N–H and O–H groups in total. The number of aromatic amines is 1. The van der Waals surface area contributed by atoms with Crippen LogP contribution in [0.5, 0.6) is 0 Å². The fourth-order valence-corrected chi connectivity index (χ4v) is 2.10. The molecule has 1 saturated heterocycles. The van der Waals surface area contributed by atoms with E-state index >= 15 is 0 Å². The number of hydrogen-bond acceptors (Lipinski definition) is 6. The number of H-pyrrole nitrogens is 1. The average molecular weight is 272 g/mol. The van der Waals surface area contributed by atoms with E-state index in [1.807, 2.05) is 0 Å². The van der Waals surface area contributed by atoms with Gasteiger partial charge in [-0.1, -0.05) is 0 Å². The van der Waals surface area contributed by atoms with E-state index in [0.29, 0.717) is 6.42 Å². The number of aliphatic hydroxyl groups is 2. The van der Waals surface area contributed by atoms with E-state index in [9.17, 15) is 14.7 Å². The minimum atomic E-state index is -0.795. The summed E-state index contributed by atoms with van der Waals surface area (Å²) in [7, 11) is 0. The summed E-state index contributed by atoms with van der Waals surface area (Å²) in [6.07, 6.45) is -0.962. The van der Waals surface area contributed by atoms with Gasteiger partial charge in [-0.05, 0) is 6.92 Å². The molecule has 19 heavy (non-hydrogen) atoms. The molecule has 0 aliphatic carbocycles. The Hall–Kier alpha value is -1.48. The van der Waals surface area contributed by atoms with Gasteiger partial charge in [-0.2, -0.15) is 0 Å². The zero-order chi connectivity index (χ0) is 14.0. The van der Waals surface area contributed by atoms with Crippen molar-refractivity contribution in [1.82, 2.24) is 9.55 Å². The highest BCUT2D eigenvalue weighted by Crippen LogP contribution is 2.31. The minimum absolute atomic E-state index is 0.342. The fourth-order valence-electron chi connectivity index (χ4n) is 2.10. The van der Waals surface area contributed by atoms with Gasteiger partial charge in [-0.3, -0.25) is 14.3 Å². The third-order valence-electron chi connectivity index (χ3n) is 3.05. The molecular weight excluding hydrogens is 256 g/mol. The SMILES string of the molecule is C[C@H](O)[C@@H]1C[C@@H](OCO)[C@H](n2ccc(=O)[nH]c2=O)O1. The second-order valence-electron chi connectivity index (χ2n) is 4.39. The molecule has 0 bridgehead atoms. The Balaban J connectivity index is 2.30. The van der Waals surface area contributed by atoms with E-state index in [0.717, 1.165) is 0 Å². The predicted molar refractivity (Wildman–Crippen MR) is 63.5 cm³/mol. The van der Waals surface area contributed by atoms with Crippen molar-refractivity contribution in [2.75, 3.05) is 6.79 Å².